The van der Waals surface area contributed by atoms with Crippen molar-refractivity contribution in [2.24, 2.45) is 5.92 Å². The van der Waals surface area contributed by atoms with Gasteiger partial charge >= 0.3 is 6.03 Å². The highest BCUT2D eigenvalue weighted by atomic mass is 16.2. The first-order chi connectivity index (χ1) is 13.2. The number of nitrogens with one attached hydrogen (secondary N) is 1. The molecule has 0 radical (unpaired) electrons. The summed E-state index contributed by atoms with van der Waals surface area (Å²) >= 11 is 0. The minimum atomic E-state index is 0.0698. The Morgan fingerprint density at radius 3 is 2.37 bits per heavy atom. The minimum absolute atomic E-state index is 0.0698. The lowest BCUT2D eigenvalue weighted by molar-refractivity contribution is 0.161. The van der Waals surface area contributed by atoms with Crippen LogP contribution in [0.15, 0.2) is 17.2 Å². The largest absolute Gasteiger partial charge is 0.335 e. The van der Waals surface area contributed by atoms with Crippen LogP contribution in [0.25, 0.3) is 0 Å². The fourth-order valence-electron chi connectivity index (χ4n) is 4.47. The van der Waals surface area contributed by atoms with Gasteiger partial charge in [0.05, 0.1) is 12.0 Å². The van der Waals surface area contributed by atoms with Crippen LogP contribution in [0.3, 0.4) is 0 Å². The summed E-state index contributed by atoms with van der Waals surface area (Å²) in [5, 5.41) is 3.25. The smallest absolute Gasteiger partial charge is 0.317 e. The maximum absolute atomic E-state index is 12.6. The van der Waals surface area contributed by atoms with Crippen LogP contribution >= 0.6 is 0 Å². The molecule has 1 aromatic rings. The third-order valence-electron chi connectivity index (χ3n) is 6.44. The van der Waals surface area contributed by atoms with Crippen molar-refractivity contribution in [1.29, 1.82) is 0 Å². The average Bonchev–Trinajstić information content (AvgIpc) is 3.52. The normalized spacial score (nSPS) is 22.4. The summed E-state index contributed by atoms with van der Waals surface area (Å²) in [6, 6.07) is 2.17. The van der Waals surface area contributed by atoms with Crippen molar-refractivity contribution in [3.63, 3.8) is 0 Å². The summed E-state index contributed by atoms with van der Waals surface area (Å²) in [5.41, 5.74) is 1.03. The number of rotatable bonds is 4. The first-order valence-corrected chi connectivity index (χ1v) is 10.8. The molecule has 2 amide bonds. The van der Waals surface area contributed by atoms with Crippen molar-refractivity contribution in [3.8, 4) is 0 Å². The molecule has 4 rings (SSSR count). The average molecular weight is 373 g/mol. The molecule has 1 N–H and O–H groups in total. The molecule has 0 unspecified atom stereocenters. The zero-order chi connectivity index (χ0) is 18.6. The molecule has 1 aromatic heterocycles. The maximum Gasteiger partial charge on any atom is 0.317 e. The number of urea groups is 1. The number of carbonyl (C=O) groups is 1. The van der Waals surface area contributed by atoms with Gasteiger partial charge in [0.2, 0.25) is 0 Å². The monoisotopic (exact) mass is 372 g/mol. The number of likely N-dealkylation sites (tertiary alicyclic amines) is 1. The highest BCUT2D eigenvalue weighted by molar-refractivity contribution is 5.74. The van der Waals surface area contributed by atoms with E-state index in [1.165, 1.54) is 25.7 Å². The molecule has 0 atom stereocenters. The van der Waals surface area contributed by atoms with E-state index < -0.39 is 0 Å². The summed E-state index contributed by atoms with van der Waals surface area (Å²) in [6.07, 6.45) is 13.3. The molecule has 3 fully saturated rings. The number of nitrogens with zero attached hydrogens (tertiary/aromatic N) is 3. The Morgan fingerprint density at radius 1 is 1.04 bits per heavy atom. The second kappa shape index (κ2) is 8.44. The Hall–Kier alpha value is -1.85. The quantitative estimate of drug-likeness (QED) is 0.825. The van der Waals surface area contributed by atoms with E-state index in [1.54, 1.807) is 17.0 Å². The first-order valence-electron chi connectivity index (χ1n) is 10.8. The fourth-order valence-corrected chi connectivity index (χ4v) is 4.47. The summed E-state index contributed by atoms with van der Waals surface area (Å²) in [5.74, 6) is 0.959. The van der Waals surface area contributed by atoms with Crippen molar-refractivity contribution < 1.29 is 4.79 Å². The van der Waals surface area contributed by atoms with E-state index in [0.717, 1.165) is 63.9 Å². The maximum atomic E-state index is 12.6. The van der Waals surface area contributed by atoms with Gasteiger partial charge in [-0.1, -0.05) is 25.7 Å². The molecule has 6 nitrogen and oxygen atoms in total. The lowest BCUT2D eigenvalue weighted by Gasteiger charge is -2.33. The molecule has 3 aliphatic rings. The van der Waals surface area contributed by atoms with Gasteiger partial charge in [-0.3, -0.25) is 9.36 Å². The summed E-state index contributed by atoms with van der Waals surface area (Å²) in [4.78, 5) is 31.3. The topological polar surface area (TPSA) is 67.2 Å². The summed E-state index contributed by atoms with van der Waals surface area (Å²) in [7, 11) is 0. The molecule has 0 bridgehead atoms. The van der Waals surface area contributed by atoms with Crippen LogP contribution in [0, 0.1) is 5.92 Å². The molecule has 0 aromatic carbocycles. The van der Waals surface area contributed by atoms with E-state index in [-0.39, 0.29) is 11.6 Å². The predicted molar refractivity (Wildman–Crippen MR) is 105 cm³/mol. The lowest BCUT2D eigenvalue weighted by atomic mass is 9.97. The zero-order valence-electron chi connectivity index (χ0n) is 16.2. The highest BCUT2D eigenvalue weighted by Crippen LogP contribution is 2.38. The summed E-state index contributed by atoms with van der Waals surface area (Å²) in [6.45, 7) is 2.28. The number of hydrogen-bond acceptors (Lipinski definition) is 3. The number of hydrogen-bond donors (Lipinski definition) is 1. The van der Waals surface area contributed by atoms with Gasteiger partial charge in [0.15, 0.2) is 0 Å². The molecule has 1 saturated heterocycles. The van der Waals surface area contributed by atoms with Crippen LogP contribution in [0.5, 0.6) is 0 Å². The van der Waals surface area contributed by atoms with E-state index in [0.29, 0.717) is 17.9 Å². The molecule has 2 aliphatic carbocycles. The SMILES string of the molecule is O=C(NC1CCCCCC1)N1CCC(Cn2cnc(C3CC3)cc2=O)CC1. The molecule has 2 heterocycles. The zero-order valence-corrected chi connectivity index (χ0v) is 16.2. The molecule has 27 heavy (non-hydrogen) atoms. The van der Waals surface area contributed by atoms with Gasteiger partial charge in [0.1, 0.15) is 0 Å². The van der Waals surface area contributed by atoms with Gasteiger partial charge in [-0.25, -0.2) is 9.78 Å². The van der Waals surface area contributed by atoms with Gasteiger partial charge < -0.3 is 10.2 Å². The third-order valence-corrected chi connectivity index (χ3v) is 6.44. The fraction of sp³-hybridized carbons (Fsp3) is 0.762. The first kappa shape index (κ1) is 18.5. The van der Waals surface area contributed by atoms with Crippen LogP contribution in [0.1, 0.15) is 75.8 Å². The van der Waals surface area contributed by atoms with Gasteiger partial charge in [-0.2, -0.15) is 0 Å². The molecular formula is C21H32N4O2. The lowest BCUT2D eigenvalue weighted by Crippen LogP contribution is -2.48. The Balaban J connectivity index is 1.25. The molecule has 148 valence electrons. The van der Waals surface area contributed by atoms with Crippen molar-refractivity contribution in [2.75, 3.05) is 13.1 Å². The Morgan fingerprint density at radius 2 is 1.74 bits per heavy atom. The Bertz CT molecular complexity index is 696. The van der Waals surface area contributed by atoms with E-state index in [2.05, 4.69) is 10.3 Å². The third kappa shape index (κ3) is 4.90. The van der Waals surface area contributed by atoms with Gasteiger partial charge in [-0.05, 0) is 44.4 Å². The van der Waals surface area contributed by atoms with Crippen molar-refractivity contribution in [2.45, 2.75) is 82.7 Å². The van der Waals surface area contributed by atoms with Gasteiger partial charge in [0, 0.05) is 37.7 Å². The molecule has 6 heteroatoms. The molecule has 1 aliphatic heterocycles. The van der Waals surface area contributed by atoms with E-state index in [9.17, 15) is 9.59 Å². The van der Waals surface area contributed by atoms with Crippen LogP contribution in [0.2, 0.25) is 0 Å². The number of amides is 2. The van der Waals surface area contributed by atoms with Crippen LogP contribution in [-0.2, 0) is 6.54 Å². The van der Waals surface area contributed by atoms with Crippen molar-refractivity contribution >= 4 is 6.03 Å². The highest BCUT2D eigenvalue weighted by Gasteiger charge is 2.27. The second-order valence-electron chi connectivity index (χ2n) is 8.65. The molecule has 0 spiro atoms. The minimum Gasteiger partial charge on any atom is -0.335 e. The molecule has 2 saturated carbocycles. The van der Waals surface area contributed by atoms with Crippen LogP contribution in [0.4, 0.5) is 4.79 Å². The molecular weight excluding hydrogens is 340 g/mol. The van der Waals surface area contributed by atoms with Crippen LogP contribution in [-0.4, -0.2) is 39.6 Å². The second-order valence-corrected chi connectivity index (χ2v) is 8.65. The standard InChI is InChI=1S/C21H32N4O2/c26-20-13-19(17-7-8-17)22-15-25(20)14-16-9-11-24(12-10-16)21(27)23-18-5-3-1-2-4-6-18/h13,15-18H,1-12,14H2,(H,23,27). The van der Waals surface area contributed by atoms with Crippen molar-refractivity contribution in [1.82, 2.24) is 19.8 Å². The van der Waals surface area contributed by atoms with E-state index in [4.69, 9.17) is 0 Å². The predicted octanol–water partition coefficient (Wildman–Crippen LogP) is 3.27. The number of carbonyl (C=O) groups excluding carboxylic acids is 1. The Kier molecular flexibility index (Phi) is 5.79. The van der Waals surface area contributed by atoms with E-state index in [1.807, 2.05) is 4.90 Å². The van der Waals surface area contributed by atoms with Crippen LogP contribution < -0.4 is 10.9 Å². The van der Waals surface area contributed by atoms with Crippen molar-refractivity contribution in [3.05, 3.63) is 28.4 Å². The van der Waals surface area contributed by atoms with Gasteiger partial charge in [0.25, 0.3) is 5.56 Å². The van der Waals surface area contributed by atoms with Gasteiger partial charge in [-0.15, -0.1) is 0 Å². The van der Waals surface area contributed by atoms with E-state index >= 15 is 0 Å². The number of aromatic nitrogens is 2. The number of piperidine rings is 1. The Labute approximate surface area is 161 Å². The summed E-state index contributed by atoms with van der Waals surface area (Å²) < 4.78 is 1.75.